The van der Waals surface area contributed by atoms with Crippen LogP contribution in [-0.2, 0) is 44.8 Å². The standard InChI is InChI=1S/C38H60N8O10/c1-20(2)15-25(41-32(49)24(39)18-30(40)48)33(50)44-28(19-47)35(52)42-26(17-23-11-8-7-9-12-23)34(51)43-27(16-21(3)4)37(54)46-14-10-13-29(46)36(53)45-31(22(5)6)38(55)56/h7-9,11-12,20-22,24-29,31,47H,10,13-19,39H2,1-6H3,(H2,40,48)(H,41,49)(H,42,52)(H,43,51)(H,44,50)(H,45,53)(H,55,56)/t24-,25-,26-,27-,28-,29-,31-/m0/s1. The molecule has 18 heteroatoms. The molecule has 18 nitrogen and oxygen atoms in total. The number of amides is 7. The monoisotopic (exact) mass is 788 g/mol. The van der Waals surface area contributed by atoms with Gasteiger partial charge in [-0.3, -0.25) is 33.6 Å². The number of primary amides is 1. The molecule has 312 valence electrons. The first kappa shape index (κ1) is 47.1. The zero-order valence-electron chi connectivity index (χ0n) is 33.1. The van der Waals surface area contributed by atoms with Crippen LogP contribution in [0.5, 0.6) is 0 Å². The van der Waals surface area contributed by atoms with Crippen molar-refractivity contribution in [3.8, 4) is 0 Å². The molecule has 7 atom stereocenters. The van der Waals surface area contributed by atoms with Crippen molar-refractivity contribution in [1.29, 1.82) is 0 Å². The number of aliphatic hydroxyl groups is 1. The first-order chi connectivity index (χ1) is 26.2. The number of hydrogen-bond acceptors (Lipinski definition) is 10. The van der Waals surface area contributed by atoms with E-state index >= 15 is 0 Å². The number of carbonyl (C=O) groups is 8. The Bertz CT molecular complexity index is 1540. The Kier molecular flexibility index (Phi) is 18.9. The average molecular weight is 789 g/mol. The summed E-state index contributed by atoms with van der Waals surface area (Å²) < 4.78 is 0. The van der Waals surface area contributed by atoms with Gasteiger partial charge in [0.1, 0.15) is 36.3 Å². The summed E-state index contributed by atoms with van der Waals surface area (Å²) in [4.78, 5) is 105. The Labute approximate surface area is 327 Å². The van der Waals surface area contributed by atoms with Gasteiger partial charge >= 0.3 is 5.97 Å². The third-order valence-corrected chi connectivity index (χ3v) is 9.22. The lowest BCUT2D eigenvalue weighted by Crippen LogP contribution is -2.61. The van der Waals surface area contributed by atoms with E-state index in [1.54, 1.807) is 58.0 Å². The third-order valence-electron chi connectivity index (χ3n) is 9.22. The van der Waals surface area contributed by atoms with Crippen LogP contribution in [0.25, 0.3) is 0 Å². The number of likely N-dealkylation sites (tertiary alicyclic amines) is 1. The summed E-state index contributed by atoms with van der Waals surface area (Å²) in [7, 11) is 0. The summed E-state index contributed by atoms with van der Waals surface area (Å²) in [5, 5.41) is 32.6. The molecule has 2 rings (SSSR count). The van der Waals surface area contributed by atoms with Gasteiger partial charge in [0.05, 0.1) is 19.1 Å². The summed E-state index contributed by atoms with van der Waals surface area (Å²) in [6.45, 7) is 9.90. The molecule has 0 spiro atoms. The topological polar surface area (TPSA) is 292 Å². The maximum atomic E-state index is 14.1. The first-order valence-electron chi connectivity index (χ1n) is 19.0. The molecule has 11 N–H and O–H groups in total. The number of aliphatic hydroxyl groups excluding tert-OH is 1. The fourth-order valence-corrected chi connectivity index (χ4v) is 6.32. The molecular weight excluding hydrogens is 728 g/mol. The largest absolute Gasteiger partial charge is 0.480 e. The van der Waals surface area contributed by atoms with Gasteiger partial charge in [0.15, 0.2) is 0 Å². The highest BCUT2D eigenvalue weighted by atomic mass is 16.4. The molecule has 1 heterocycles. The van der Waals surface area contributed by atoms with Crippen LogP contribution < -0.4 is 38.1 Å². The van der Waals surface area contributed by atoms with Crippen molar-refractivity contribution >= 4 is 47.3 Å². The number of nitrogens with one attached hydrogen (secondary N) is 5. The van der Waals surface area contributed by atoms with Crippen molar-refractivity contribution in [1.82, 2.24) is 31.5 Å². The van der Waals surface area contributed by atoms with E-state index in [-0.39, 0.29) is 37.6 Å². The quantitative estimate of drug-likeness (QED) is 0.0664. The number of aliphatic carboxylic acids is 1. The van der Waals surface area contributed by atoms with Crippen molar-refractivity contribution in [2.75, 3.05) is 13.2 Å². The van der Waals surface area contributed by atoms with E-state index in [0.29, 0.717) is 18.4 Å². The van der Waals surface area contributed by atoms with E-state index in [1.165, 1.54) is 4.90 Å². The third kappa shape index (κ3) is 14.9. The fourth-order valence-electron chi connectivity index (χ4n) is 6.32. The van der Waals surface area contributed by atoms with E-state index in [0.717, 1.165) is 0 Å². The van der Waals surface area contributed by atoms with Gasteiger partial charge in [-0.2, -0.15) is 0 Å². The first-order valence-corrected chi connectivity index (χ1v) is 19.0. The highest BCUT2D eigenvalue weighted by Gasteiger charge is 2.40. The molecule has 0 bridgehead atoms. The Morgan fingerprint density at radius 1 is 0.750 bits per heavy atom. The molecule has 0 aliphatic carbocycles. The lowest BCUT2D eigenvalue weighted by Gasteiger charge is -2.31. The summed E-state index contributed by atoms with van der Waals surface area (Å²) in [6.07, 6.45) is 0.561. The molecule has 1 aliphatic heterocycles. The molecule has 1 aromatic rings. The molecule has 1 aromatic carbocycles. The van der Waals surface area contributed by atoms with E-state index in [1.807, 2.05) is 13.8 Å². The van der Waals surface area contributed by atoms with Gasteiger partial charge in [0, 0.05) is 13.0 Å². The van der Waals surface area contributed by atoms with Crippen LogP contribution in [0.3, 0.4) is 0 Å². The van der Waals surface area contributed by atoms with Crippen LogP contribution in [0.1, 0.15) is 79.2 Å². The molecule has 7 amide bonds. The van der Waals surface area contributed by atoms with E-state index < -0.39 is 109 Å². The van der Waals surface area contributed by atoms with Crippen LogP contribution in [0, 0.1) is 17.8 Å². The van der Waals surface area contributed by atoms with Crippen LogP contribution in [0.4, 0.5) is 0 Å². The second-order valence-electron chi connectivity index (χ2n) is 15.4. The van der Waals surface area contributed by atoms with Crippen LogP contribution in [0.15, 0.2) is 30.3 Å². The van der Waals surface area contributed by atoms with Gasteiger partial charge < -0.3 is 53.2 Å². The highest BCUT2D eigenvalue weighted by Crippen LogP contribution is 2.21. The molecule has 56 heavy (non-hydrogen) atoms. The fraction of sp³-hybridized carbons (Fsp3) is 0.632. The minimum atomic E-state index is -1.57. The van der Waals surface area contributed by atoms with Gasteiger partial charge in [0.25, 0.3) is 0 Å². The lowest BCUT2D eigenvalue weighted by atomic mass is 9.99. The number of benzene rings is 1. The van der Waals surface area contributed by atoms with E-state index in [2.05, 4.69) is 26.6 Å². The number of carbonyl (C=O) groups excluding carboxylic acids is 7. The minimum absolute atomic E-state index is 0.0442. The summed E-state index contributed by atoms with van der Waals surface area (Å²) in [5.74, 6) is -7.12. The van der Waals surface area contributed by atoms with Crippen LogP contribution in [0.2, 0.25) is 0 Å². The normalized spacial score (nSPS) is 17.3. The van der Waals surface area contributed by atoms with E-state index in [9.17, 15) is 48.6 Å². The maximum absolute atomic E-state index is 14.1. The second-order valence-corrected chi connectivity index (χ2v) is 15.4. The number of rotatable bonds is 22. The SMILES string of the molecule is CC(C)C[C@H](NC(=O)[C@@H](N)CC(N)=O)C(=O)N[C@@H](CO)C(=O)N[C@@H](Cc1ccccc1)C(=O)N[C@@H](CC(C)C)C(=O)N1CCC[C@H]1C(=O)N[C@H](C(=O)O)C(C)C. The Hall–Kier alpha value is -5.10. The number of nitrogens with two attached hydrogens (primary N) is 2. The van der Waals surface area contributed by atoms with Crippen molar-refractivity contribution in [3.05, 3.63) is 35.9 Å². The molecule has 0 radical (unpaired) electrons. The number of carboxylic acid groups (broad SMARTS) is 1. The number of carboxylic acids is 1. The molecule has 1 fully saturated rings. The Morgan fingerprint density at radius 2 is 1.27 bits per heavy atom. The predicted molar refractivity (Wildman–Crippen MR) is 205 cm³/mol. The molecule has 1 aliphatic rings. The number of nitrogens with zero attached hydrogens (tertiary/aromatic N) is 1. The molecular formula is C38H60N8O10. The maximum Gasteiger partial charge on any atom is 0.326 e. The van der Waals surface area contributed by atoms with Crippen molar-refractivity contribution in [3.63, 3.8) is 0 Å². The van der Waals surface area contributed by atoms with E-state index in [4.69, 9.17) is 11.5 Å². The summed E-state index contributed by atoms with van der Waals surface area (Å²) in [6, 6.07) is 0.0508. The van der Waals surface area contributed by atoms with Gasteiger partial charge in [-0.15, -0.1) is 0 Å². The molecule has 0 aromatic heterocycles. The Balaban J connectivity index is 2.33. The highest BCUT2D eigenvalue weighted by molar-refractivity contribution is 5.97. The molecule has 0 unspecified atom stereocenters. The van der Waals surface area contributed by atoms with Crippen molar-refractivity contribution < 1.29 is 48.6 Å². The molecule has 0 saturated carbocycles. The summed E-state index contributed by atoms with van der Waals surface area (Å²) in [5.41, 5.74) is 11.5. The van der Waals surface area contributed by atoms with Gasteiger partial charge in [-0.25, -0.2) is 4.79 Å². The van der Waals surface area contributed by atoms with Crippen LogP contribution in [-0.4, -0.2) is 118 Å². The van der Waals surface area contributed by atoms with Gasteiger partial charge in [0.2, 0.25) is 41.4 Å². The smallest absolute Gasteiger partial charge is 0.326 e. The van der Waals surface area contributed by atoms with Crippen LogP contribution >= 0.6 is 0 Å². The van der Waals surface area contributed by atoms with Gasteiger partial charge in [-0.05, 0) is 49.0 Å². The Morgan fingerprint density at radius 3 is 1.80 bits per heavy atom. The average Bonchev–Trinajstić information content (AvgIpc) is 3.61. The van der Waals surface area contributed by atoms with Crippen molar-refractivity contribution in [2.45, 2.75) is 122 Å². The summed E-state index contributed by atoms with van der Waals surface area (Å²) >= 11 is 0. The number of hydrogen-bond donors (Lipinski definition) is 9. The predicted octanol–water partition coefficient (Wildman–Crippen LogP) is -1.33. The minimum Gasteiger partial charge on any atom is -0.480 e. The second kappa shape index (κ2) is 22.5. The van der Waals surface area contributed by atoms with Gasteiger partial charge in [-0.1, -0.05) is 71.9 Å². The lowest BCUT2D eigenvalue weighted by molar-refractivity contribution is -0.146. The zero-order valence-corrected chi connectivity index (χ0v) is 33.1. The van der Waals surface area contributed by atoms with Crippen molar-refractivity contribution in [2.24, 2.45) is 29.2 Å². The zero-order chi connectivity index (χ0) is 42.3. The molecule has 1 saturated heterocycles.